The van der Waals surface area contributed by atoms with E-state index in [9.17, 15) is 13.2 Å². The van der Waals surface area contributed by atoms with Gasteiger partial charge in [-0.3, -0.25) is 0 Å². The van der Waals surface area contributed by atoms with E-state index in [1.54, 1.807) is 6.08 Å². The molecule has 0 spiro atoms. The number of hydrogen-bond donors (Lipinski definition) is 1. The predicted octanol–water partition coefficient (Wildman–Crippen LogP) is 2.54. The van der Waals surface area contributed by atoms with Crippen LogP contribution in [0.25, 0.3) is 0 Å². The van der Waals surface area contributed by atoms with E-state index in [1.807, 2.05) is 0 Å². The van der Waals surface area contributed by atoms with Crippen molar-refractivity contribution in [3.63, 3.8) is 0 Å². The lowest BCUT2D eigenvalue weighted by Gasteiger charge is -1.98. The molecule has 0 fully saturated rings. The highest BCUT2D eigenvalue weighted by Gasteiger charge is 2.35. The van der Waals surface area contributed by atoms with Gasteiger partial charge >= 0.3 is 6.18 Å². The average Bonchev–Trinajstić information content (AvgIpc) is 2.52. The molecule has 0 radical (unpaired) electrons. The Morgan fingerprint density at radius 1 is 1.43 bits per heavy atom. The quantitative estimate of drug-likeness (QED) is 0.629. The summed E-state index contributed by atoms with van der Waals surface area (Å²) in [5.74, 6) is 0. The van der Waals surface area contributed by atoms with Crippen molar-refractivity contribution in [1.82, 2.24) is 10.2 Å². The zero-order valence-corrected chi connectivity index (χ0v) is 7.95. The van der Waals surface area contributed by atoms with E-state index in [2.05, 4.69) is 22.1 Å². The lowest BCUT2D eigenvalue weighted by Crippen LogP contribution is -2.03. The standard InChI is InChI=1S/C7H8F3N3S/c1-2-3-4-11-6-13-12-5(14-6)7(8,9)10/h2H,1,3-4H2,(H,11,13). The maximum absolute atomic E-state index is 12.1. The third kappa shape index (κ3) is 2.99. The molecular formula is C7H8F3N3S. The molecule has 0 aliphatic carbocycles. The molecule has 0 aliphatic heterocycles. The van der Waals surface area contributed by atoms with Crippen LogP contribution in [0.5, 0.6) is 0 Å². The van der Waals surface area contributed by atoms with Crippen LogP contribution in [-0.2, 0) is 6.18 Å². The van der Waals surface area contributed by atoms with Gasteiger partial charge < -0.3 is 5.32 Å². The first-order valence-electron chi connectivity index (χ1n) is 3.79. The predicted molar refractivity (Wildman–Crippen MR) is 48.2 cm³/mol. The molecule has 0 amide bonds. The third-order valence-corrected chi connectivity index (χ3v) is 2.22. The van der Waals surface area contributed by atoms with Crippen LogP contribution in [0.2, 0.25) is 0 Å². The highest BCUT2D eigenvalue weighted by atomic mass is 32.1. The first kappa shape index (κ1) is 11.0. The number of rotatable bonds is 4. The Bertz CT molecular complexity index is 307. The Kier molecular flexibility index (Phi) is 3.45. The van der Waals surface area contributed by atoms with E-state index >= 15 is 0 Å². The van der Waals surface area contributed by atoms with Gasteiger partial charge in [-0.1, -0.05) is 17.4 Å². The summed E-state index contributed by atoms with van der Waals surface area (Å²) in [7, 11) is 0. The Morgan fingerprint density at radius 3 is 2.64 bits per heavy atom. The Morgan fingerprint density at radius 2 is 2.14 bits per heavy atom. The maximum atomic E-state index is 12.1. The second-order valence-corrected chi connectivity index (χ2v) is 3.39. The van der Waals surface area contributed by atoms with Crippen molar-refractivity contribution in [2.24, 2.45) is 0 Å². The van der Waals surface area contributed by atoms with Gasteiger partial charge in [0, 0.05) is 6.54 Å². The minimum absolute atomic E-state index is 0.180. The van der Waals surface area contributed by atoms with Crippen molar-refractivity contribution in [2.75, 3.05) is 11.9 Å². The zero-order valence-electron chi connectivity index (χ0n) is 7.14. The average molecular weight is 223 g/mol. The molecule has 78 valence electrons. The van der Waals surface area contributed by atoms with Gasteiger partial charge in [0.1, 0.15) is 0 Å². The topological polar surface area (TPSA) is 37.8 Å². The normalized spacial score (nSPS) is 11.4. The number of alkyl halides is 3. The van der Waals surface area contributed by atoms with Crippen LogP contribution in [0.15, 0.2) is 12.7 Å². The SMILES string of the molecule is C=CCCNc1nnc(C(F)(F)F)s1. The molecular weight excluding hydrogens is 215 g/mol. The number of hydrogen-bond acceptors (Lipinski definition) is 4. The largest absolute Gasteiger partial charge is 0.445 e. The molecule has 1 N–H and O–H groups in total. The van der Waals surface area contributed by atoms with Crippen molar-refractivity contribution >= 4 is 16.5 Å². The lowest BCUT2D eigenvalue weighted by atomic mass is 10.4. The second kappa shape index (κ2) is 4.41. The summed E-state index contributed by atoms with van der Waals surface area (Å²) in [5.41, 5.74) is 0. The van der Waals surface area contributed by atoms with E-state index in [0.29, 0.717) is 24.3 Å². The van der Waals surface area contributed by atoms with Crippen LogP contribution < -0.4 is 5.32 Å². The van der Waals surface area contributed by atoms with Gasteiger partial charge in [-0.2, -0.15) is 13.2 Å². The molecule has 14 heavy (non-hydrogen) atoms. The number of nitrogens with one attached hydrogen (secondary N) is 1. The monoisotopic (exact) mass is 223 g/mol. The summed E-state index contributed by atoms with van der Waals surface area (Å²) in [6.07, 6.45) is -2.07. The molecule has 1 aromatic rings. The van der Waals surface area contributed by atoms with Crippen molar-refractivity contribution in [2.45, 2.75) is 12.6 Å². The van der Waals surface area contributed by atoms with E-state index in [4.69, 9.17) is 0 Å². The van der Waals surface area contributed by atoms with Crippen molar-refractivity contribution in [3.05, 3.63) is 17.7 Å². The highest BCUT2D eigenvalue weighted by molar-refractivity contribution is 7.15. The molecule has 0 atom stereocenters. The summed E-state index contributed by atoms with van der Waals surface area (Å²) in [4.78, 5) is 0. The molecule has 0 saturated carbocycles. The molecule has 0 aromatic carbocycles. The fourth-order valence-electron chi connectivity index (χ4n) is 0.690. The number of nitrogens with zero attached hydrogens (tertiary/aromatic N) is 2. The van der Waals surface area contributed by atoms with Gasteiger partial charge in [-0.05, 0) is 6.42 Å². The lowest BCUT2D eigenvalue weighted by molar-refractivity contribution is -0.138. The van der Waals surface area contributed by atoms with E-state index in [0.717, 1.165) is 0 Å². The van der Waals surface area contributed by atoms with Gasteiger partial charge in [0.15, 0.2) is 0 Å². The molecule has 0 aliphatic rings. The van der Waals surface area contributed by atoms with E-state index < -0.39 is 11.2 Å². The molecule has 0 bridgehead atoms. The van der Waals surface area contributed by atoms with Gasteiger partial charge in [-0.25, -0.2) is 0 Å². The Balaban J connectivity index is 2.55. The molecule has 1 aromatic heterocycles. The molecule has 1 heterocycles. The smallest absolute Gasteiger partial charge is 0.360 e. The van der Waals surface area contributed by atoms with Crippen LogP contribution in [-0.4, -0.2) is 16.7 Å². The Hall–Kier alpha value is -1.11. The van der Waals surface area contributed by atoms with Crippen LogP contribution in [0.1, 0.15) is 11.4 Å². The minimum Gasteiger partial charge on any atom is -0.360 e. The fraction of sp³-hybridized carbons (Fsp3) is 0.429. The first-order chi connectivity index (χ1) is 6.54. The van der Waals surface area contributed by atoms with Crippen LogP contribution >= 0.6 is 11.3 Å². The Labute approximate surface area is 82.7 Å². The van der Waals surface area contributed by atoms with Crippen LogP contribution in [0.4, 0.5) is 18.3 Å². The summed E-state index contributed by atoms with van der Waals surface area (Å²) in [6, 6.07) is 0. The van der Waals surface area contributed by atoms with E-state index in [1.165, 1.54) is 0 Å². The fourth-order valence-corrected chi connectivity index (χ4v) is 1.33. The van der Waals surface area contributed by atoms with E-state index in [-0.39, 0.29) is 5.13 Å². The molecule has 7 heteroatoms. The second-order valence-electron chi connectivity index (χ2n) is 2.41. The summed E-state index contributed by atoms with van der Waals surface area (Å²) in [5, 5.41) is 8.34. The van der Waals surface area contributed by atoms with Gasteiger partial charge in [0.2, 0.25) is 10.1 Å². The zero-order chi connectivity index (χ0) is 10.6. The van der Waals surface area contributed by atoms with Crippen molar-refractivity contribution in [3.8, 4) is 0 Å². The van der Waals surface area contributed by atoms with Gasteiger partial charge in [-0.15, -0.1) is 16.8 Å². The minimum atomic E-state index is -4.41. The third-order valence-electron chi connectivity index (χ3n) is 1.29. The molecule has 0 saturated heterocycles. The van der Waals surface area contributed by atoms with Crippen LogP contribution in [0.3, 0.4) is 0 Å². The number of aromatic nitrogens is 2. The summed E-state index contributed by atoms with van der Waals surface area (Å²) >= 11 is 0.498. The number of halogens is 3. The van der Waals surface area contributed by atoms with Gasteiger partial charge in [0.25, 0.3) is 0 Å². The summed E-state index contributed by atoms with van der Waals surface area (Å²) in [6.45, 7) is 3.99. The van der Waals surface area contributed by atoms with Crippen LogP contribution in [0, 0.1) is 0 Å². The summed E-state index contributed by atoms with van der Waals surface area (Å²) < 4.78 is 36.2. The van der Waals surface area contributed by atoms with Crippen molar-refractivity contribution < 1.29 is 13.2 Å². The molecule has 1 rings (SSSR count). The highest BCUT2D eigenvalue weighted by Crippen LogP contribution is 2.32. The van der Waals surface area contributed by atoms with Crippen molar-refractivity contribution in [1.29, 1.82) is 0 Å². The molecule has 3 nitrogen and oxygen atoms in total. The molecule has 0 unspecified atom stereocenters. The van der Waals surface area contributed by atoms with Gasteiger partial charge in [0.05, 0.1) is 0 Å². The number of anilines is 1. The first-order valence-corrected chi connectivity index (χ1v) is 4.61. The maximum Gasteiger partial charge on any atom is 0.445 e.